The van der Waals surface area contributed by atoms with Gasteiger partial charge in [-0.2, -0.15) is 0 Å². The van der Waals surface area contributed by atoms with Gasteiger partial charge in [-0.3, -0.25) is 9.69 Å². The number of rotatable bonds is 1. The van der Waals surface area contributed by atoms with Crippen LogP contribution in [-0.2, 0) is 0 Å². The summed E-state index contributed by atoms with van der Waals surface area (Å²) in [6, 6.07) is 4.83. The lowest BCUT2D eigenvalue weighted by Crippen LogP contribution is -2.60. The fourth-order valence-electron chi connectivity index (χ4n) is 3.49. The molecular weight excluding hydrogens is 269 g/mol. The monoisotopic (exact) mass is 291 g/mol. The van der Waals surface area contributed by atoms with Crippen molar-refractivity contribution in [1.29, 1.82) is 0 Å². The topological polar surface area (TPSA) is 49.6 Å². The van der Waals surface area contributed by atoms with Gasteiger partial charge in [-0.15, -0.1) is 0 Å². The molecule has 0 aliphatic carbocycles. The average molecular weight is 291 g/mol. The molecule has 0 saturated carbocycles. The second-order valence-electron chi connectivity index (χ2n) is 6.19. The highest BCUT2D eigenvalue weighted by Gasteiger charge is 2.36. The van der Waals surface area contributed by atoms with Gasteiger partial charge in [0.05, 0.1) is 5.56 Å². The minimum atomic E-state index is -0.529. The Morgan fingerprint density at radius 2 is 2.14 bits per heavy atom. The van der Waals surface area contributed by atoms with Gasteiger partial charge in [-0.1, -0.05) is 6.42 Å². The van der Waals surface area contributed by atoms with Crippen molar-refractivity contribution in [2.24, 2.45) is 0 Å². The van der Waals surface area contributed by atoms with E-state index in [1.54, 1.807) is 6.07 Å². The first-order chi connectivity index (χ1) is 10.1. The largest absolute Gasteiger partial charge is 0.399 e. The summed E-state index contributed by atoms with van der Waals surface area (Å²) in [5, 5.41) is 0. The number of amides is 1. The van der Waals surface area contributed by atoms with Gasteiger partial charge in [0.1, 0.15) is 5.82 Å². The predicted octanol–water partition coefficient (Wildman–Crippen LogP) is 2.11. The van der Waals surface area contributed by atoms with Crippen molar-refractivity contribution in [2.75, 3.05) is 25.4 Å². The van der Waals surface area contributed by atoms with Gasteiger partial charge in [0.15, 0.2) is 0 Å². The molecule has 0 aromatic heterocycles. The summed E-state index contributed by atoms with van der Waals surface area (Å²) in [7, 11) is 0. The maximum absolute atomic E-state index is 14.0. The Labute approximate surface area is 124 Å². The Morgan fingerprint density at radius 3 is 2.90 bits per heavy atom. The number of hydrogen-bond acceptors (Lipinski definition) is 3. The van der Waals surface area contributed by atoms with Crippen LogP contribution >= 0.6 is 0 Å². The number of hydrogen-bond donors (Lipinski definition) is 1. The average Bonchev–Trinajstić information content (AvgIpc) is 2.46. The molecule has 2 aliphatic heterocycles. The van der Waals surface area contributed by atoms with Crippen LogP contribution in [0.25, 0.3) is 0 Å². The molecule has 2 unspecified atom stereocenters. The fraction of sp³-hybridized carbons (Fsp3) is 0.562. The highest BCUT2D eigenvalue weighted by Crippen LogP contribution is 2.26. The van der Waals surface area contributed by atoms with E-state index < -0.39 is 5.82 Å². The lowest BCUT2D eigenvalue weighted by molar-refractivity contribution is 0.0149. The van der Waals surface area contributed by atoms with Crippen LogP contribution in [0.4, 0.5) is 10.1 Å². The summed E-state index contributed by atoms with van der Waals surface area (Å²) >= 11 is 0. The molecule has 3 rings (SSSR count). The summed E-state index contributed by atoms with van der Waals surface area (Å²) in [6.45, 7) is 4.74. The van der Waals surface area contributed by atoms with Crippen LogP contribution in [0.5, 0.6) is 0 Å². The number of anilines is 1. The first-order valence-corrected chi connectivity index (χ1v) is 7.66. The summed E-state index contributed by atoms with van der Waals surface area (Å²) in [5.41, 5.74) is 6.02. The summed E-state index contributed by atoms with van der Waals surface area (Å²) in [6.07, 6.45) is 3.58. The predicted molar refractivity (Wildman–Crippen MR) is 80.5 cm³/mol. The molecule has 1 aromatic rings. The minimum Gasteiger partial charge on any atom is -0.399 e. The normalized spacial score (nSPS) is 26.5. The number of nitrogens with zero attached hydrogens (tertiary/aromatic N) is 2. The number of carbonyl (C=O) groups is 1. The molecular formula is C16H22FN3O. The maximum Gasteiger partial charge on any atom is 0.257 e. The molecule has 1 amide bonds. The molecule has 0 bridgehead atoms. The van der Waals surface area contributed by atoms with Gasteiger partial charge >= 0.3 is 0 Å². The first kappa shape index (κ1) is 14.3. The third-order valence-electron chi connectivity index (χ3n) is 4.67. The molecule has 2 fully saturated rings. The Kier molecular flexibility index (Phi) is 3.85. The number of piperazine rings is 1. The zero-order valence-corrected chi connectivity index (χ0v) is 12.4. The Bertz CT molecular complexity index is 548. The Balaban J connectivity index is 1.80. The van der Waals surface area contributed by atoms with Crippen LogP contribution in [0.1, 0.15) is 36.5 Å². The quantitative estimate of drug-likeness (QED) is 0.806. The van der Waals surface area contributed by atoms with Crippen LogP contribution in [0, 0.1) is 5.82 Å². The van der Waals surface area contributed by atoms with E-state index in [-0.39, 0.29) is 17.5 Å². The number of carbonyl (C=O) groups excluding carboxylic acids is 1. The van der Waals surface area contributed by atoms with E-state index in [0.29, 0.717) is 18.3 Å². The van der Waals surface area contributed by atoms with E-state index in [0.717, 1.165) is 19.5 Å². The highest BCUT2D eigenvalue weighted by atomic mass is 19.1. The molecule has 5 heteroatoms. The van der Waals surface area contributed by atoms with Crippen LogP contribution in [0.2, 0.25) is 0 Å². The minimum absolute atomic E-state index is 0.115. The number of nitrogens with two attached hydrogens (primary N) is 1. The van der Waals surface area contributed by atoms with Crippen LogP contribution in [0.3, 0.4) is 0 Å². The van der Waals surface area contributed by atoms with Crippen molar-refractivity contribution in [3.8, 4) is 0 Å². The standard InChI is InChI=1S/C16H22FN3O/c1-11-9-19-7-3-2-4-13(19)10-20(11)16(21)14-6-5-12(18)8-15(14)17/h5-6,8,11,13H,2-4,7,9-10,18H2,1H3. The molecule has 21 heavy (non-hydrogen) atoms. The second-order valence-corrected chi connectivity index (χ2v) is 6.19. The van der Waals surface area contributed by atoms with Crippen molar-refractivity contribution in [2.45, 2.75) is 38.3 Å². The van der Waals surface area contributed by atoms with E-state index in [1.165, 1.54) is 25.0 Å². The lowest BCUT2D eigenvalue weighted by atomic mass is 9.96. The SMILES string of the molecule is CC1CN2CCCCC2CN1C(=O)c1ccc(N)cc1F. The maximum atomic E-state index is 14.0. The van der Waals surface area contributed by atoms with E-state index in [4.69, 9.17) is 5.73 Å². The lowest BCUT2D eigenvalue weighted by Gasteiger charge is -2.47. The highest BCUT2D eigenvalue weighted by molar-refractivity contribution is 5.95. The number of fused-ring (bicyclic) bond motifs is 1. The second kappa shape index (κ2) is 5.64. The van der Waals surface area contributed by atoms with Gasteiger partial charge in [0.2, 0.25) is 0 Å². The number of piperidine rings is 1. The van der Waals surface area contributed by atoms with Gasteiger partial charge in [-0.05, 0) is 44.5 Å². The fourth-order valence-corrected chi connectivity index (χ4v) is 3.49. The van der Waals surface area contributed by atoms with Crippen molar-refractivity contribution in [1.82, 2.24) is 9.80 Å². The molecule has 2 N–H and O–H groups in total. The third-order valence-corrected chi connectivity index (χ3v) is 4.67. The third kappa shape index (κ3) is 2.75. The zero-order valence-electron chi connectivity index (χ0n) is 12.4. The molecule has 114 valence electrons. The van der Waals surface area contributed by atoms with E-state index >= 15 is 0 Å². The van der Waals surface area contributed by atoms with Crippen molar-refractivity contribution >= 4 is 11.6 Å². The number of nitrogen functional groups attached to an aromatic ring is 1. The van der Waals surface area contributed by atoms with E-state index in [1.807, 2.05) is 11.8 Å². The van der Waals surface area contributed by atoms with Crippen molar-refractivity contribution in [3.05, 3.63) is 29.6 Å². The Morgan fingerprint density at radius 1 is 1.33 bits per heavy atom. The number of halogens is 1. The van der Waals surface area contributed by atoms with Crippen LogP contribution in [0.15, 0.2) is 18.2 Å². The molecule has 2 atom stereocenters. The zero-order chi connectivity index (χ0) is 15.0. The molecule has 0 radical (unpaired) electrons. The molecule has 1 aromatic carbocycles. The molecule has 2 saturated heterocycles. The summed E-state index contributed by atoms with van der Waals surface area (Å²) in [5.74, 6) is -0.747. The van der Waals surface area contributed by atoms with Gasteiger partial charge < -0.3 is 10.6 Å². The van der Waals surface area contributed by atoms with Crippen LogP contribution in [-0.4, -0.2) is 47.4 Å². The van der Waals surface area contributed by atoms with Crippen molar-refractivity contribution < 1.29 is 9.18 Å². The number of benzene rings is 1. The van der Waals surface area contributed by atoms with E-state index in [9.17, 15) is 9.18 Å². The smallest absolute Gasteiger partial charge is 0.257 e. The molecule has 4 nitrogen and oxygen atoms in total. The van der Waals surface area contributed by atoms with Crippen LogP contribution < -0.4 is 5.73 Å². The molecule has 2 aliphatic rings. The Hall–Kier alpha value is -1.62. The first-order valence-electron chi connectivity index (χ1n) is 7.66. The molecule has 0 spiro atoms. The van der Waals surface area contributed by atoms with Crippen molar-refractivity contribution in [3.63, 3.8) is 0 Å². The summed E-state index contributed by atoms with van der Waals surface area (Å²) < 4.78 is 14.0. The van der Waals surface area contributed by atoms with Gasteiger partial charge in [-0.25, -0.2) is 4.39 Å². The van der Waals surface area contributed by atoms with E-state index in [2.05, 4.69) is 4.90 Å². The van der Waals surface area contributed by atoms with Gasteiger partial charge in [0, 0.05) is 30.9 Å². The summed E-state index contributed by atoms with van der Waals surface area (Å²) in [4.78, 5) is 16.9. The van der Waals surface area contributed by atoms with Gasteiger partial charge in [0.25, 0.3) is 5.91 Å². The molecule has 2 heterocycles.